The van der Waals surface area contributed by atoms with E-state index in [1.54, 1.807) is 6.92 Å². The summed E-state index contributed by atoms with van der Waals surface area (Å²) in [6.07, 6.45) is 0. The lowest BCUT2D eigenvalue weighted by Crippen LogP contribution is -2.29. The van der Waals surface area contributed by atoms with E-state index in [4.69, 9.17) is 0 Å². The van der Waals surface area contributed by atoms with Gasteiger partial charge < -0.3 is 5.32 Å². The third-order valence-electron chi connectivity index (χ3n) is 1.97. The minimum absolute atomic E-state index is 0.0391. The van der Waals surface area contributed by atoms with E-state index in [2.05, 4.69) is 19.4 Å². The monoisotopic (exact) mass is 278 g/mol. The van der Waals surface area contributed by atoms with Crippen molar-refractivity contribution in [2.45, 2.75) is 26.7 Å². The number of hydrogen-bond acceptors (Lipinski definition) is 6. The molecule has 1 rings (SSSR count). The van der Waals surface area contributed by atoms with Crippen molar-refractivity contribution in [3.05, 3.63) is 5.82 Å². The van der Waals surface area contributed by atoms with Crippen LogP contribution in [0.4, 0.5) is 5.13 Å². The van der Waals surface area contributed by atoms with Crippen LogP contribution in [0.5, 0.6) is 0 Å². The molecule has 0 aliphatic rings. The molecule has 98 valence electrons. The fourth-order valence-electron chi connectivity index (χ4n) is 1.13. The van der Waals surface area contributed by atoms with Crippen molar-refractivity contribution in [3.8, 4) is 0 Å². The molecule has 1 heterocycles. The van der Waals surface area contributed by atoms with Crippen LogP contribution in [0.1, 0.15) is 32.5 Å². The van der Waals surface area contributed by atoms with Gasteiger partial charge in [-0.15, -0.1) is 0 Å². The lowest BCUT2D eigenvalue weighted by Gasteiger charge is -2.04. The van der Waals surface area contributed by atoms with Crippen molar-refractivity contribution < 1.29 is 8.42 Å². The number of nitrogens with one attached hydrogen (secondary N) is 2. The highest BCUT2D eigenvalue weighted by atomic mass is 32.2. The lowest BCUT2D eigenvalue weighted by molar-refractivity contribution is 0.584. The molecule has 0 unspecified atom stereocenters. The minimum Gasteiger partial charge on any atom is -0.359 e. The molecule has 0 atom stereocenters. The first-order valence-electron chi connectivity index (χ1n) is 5.49. The Balaban J connectivity index is 2.40. The molecule has 0 saturated carbocycles. The van der Waals surface area contributed by atoms with Gasteiger partial charge in [0.25, 0.3) is 0 Å². The number of hydrogen-bond donors (Lipinski definition) is 2. The maximum Gasteiger partial charge on any atom is 0.213 e. The largest absolute Gasteiger partial charge is 0.359 e. The molecule has 0 aliphatic heterocycles. The van der Waals surface area contributed by atoms with Gasteiger partial charge in [0.15, 0.2) is 0 Å². The Labute approximate surface area is 106 Å². The molecule has 0 radical (unpaired) electrons. The highest BCUT2D eigenvalue weighted by Crippen LogP contribution is 2.16. The Kier molecular flexibility index (Phi) is 5.29. The van der Waals surface area contributed by atoms with Gasteiger partial charge in [-0.25, -0.2) is 18.1 Å². The van der Waals surface area contributed by atoms with Gasteiger partial charge in [-0.1, -0.05) is 20.8 Å². The standard InChI is InChI=1S/C9H18N4O2S2/c1-4-11-17(14,15)6-5-10-9-12-8(7(2)3)13-16-9/h7,11H,4-6H2,1-3H3,(H,10,12,13). The Bertz CT molecular complexity index is 442. The molecule has 2 N–H and O–H groups in total. The van der Waals surface area contributed by atoms with Gasteiger partial charge in [0.2, 0.25) is 15.2 Å². The molecule has 0 spiro atoms. The van der Waals surface area contributed by atoms with Crippen LogP contribution in [0.3, 0.4) is 0 Å². The van der Waals surface area contributed by atoms with E-state index in [0.29, 0.717) is 18.2 Å². The summed E-state index contributed by atoms with van der Waals surface area (Å²) in [5, 5.41) is 3.63. The first-order chi connectivity index (χ1) is 7.94. The van der Waals surface area contributed by atoms with Crippen LogP contribution < -0.4 is 10.0 Å². The maximum atomic E-state index is 11.4. The van der Waals surface area contributed by atoms with Crippen molar-refractivity contribution in [1.82, 2.24) is 14.1 Å². The van der Waals surface area contributed by atoms with E-state index in [1.807, 2.05) is 13.8 Å². The molecule has 17 heavy (non-hydrogen) atoms. The first kappa shape index (κ1) is 14.3. The molecular weight excluding hydrogens is 260 g/mol. The van der Waals surface area contributed by atoms with E-state index >= 15 is 0 Å². The zero-order chi connectivity index (χ0) is 12.9. The van der Waals surface area contributed by atoms with E-state index in [0.717, 1.165) is 5.82 Å². The van der Waals surface area contributed by atoms with Crippen LogP contribution in [-0.2, 0) is 10.0 Å². The van der Waals surface area contributed by atoms with Gasteiger partial charge in [0.05, 0.1) is 5.75 Å². The maximum absolute atomic E-state index is 11.4. The summed E-state index contributed by atoms with van der Waals surface area (Å²) in [5.74, 6) is 1.11. The van der Waals surface area contributed by atoms with Crippen molar-refractivity contribution in [3.63, 3.8) is 0 Å². The van der Waals surface area contributed by atoms with Crippen molar-refractivity contribution in [1.29, 1.82) is 0 Å². The van der Waals surface area contributed by atoms with Gasteiger partial charge in [-0.3, -0.25) is 0 Å². The molecular formula is C9H18N4O2S2. The van der Waals surface area contributed by atoms with Crippen LogP contribution in [0.25, 0.3) is 0 Å². The summed E-state index contributed by atoms with van der Waals surface area (Å²) in [4.78, 5) is 4.26. The zero-order valence-electron chi connectivity index (χ0n) is 10.2. The fourth-order valence-corrected chi connectivity index (χ4v) is 2.81. The van der Waals surface area contributed by atoms with Crippen molar-refractivity contribution in [2.75, 3.05) is 24.2 Å². The van der Waals surface area contributed by atoms with Gasteiger partial charge in [0, 0.05) is 30.5 Å². The van der Waals surface area contributed by atoms with Crippen molar-refractivity contribution >= 4 is 26.7 Å². The number of rotatable bonds is 7. The van der Waals surface area contributed by atoms with Crippen LogP contribution in [0.2, 0.25) is 0 Å². The van der Waals surface area contributed by atoms with E-state index < -0.39 is 10.0 Å². The average molecular weight is 278 g/mol. The summed E-state index contributed by atoms with van der Waals surface area (Å²) < 4.78 is 29.3. The summed E-state index contributed by atoms with van der Waals surface area (Å²) in [6, 6.07) is 0. The number of aromatic nitrogens is 2. The van der Waals surface area contributed by atoms with E-state index in [-0.39, 0.29) is 11.7 Å². The summed E-state index contributed by atoms with van der Waals surface area (Å²) in [5.41, 5.74) is 0. The van der Waals surface area contributed by atoms with E-state index in [1.165, 1.54) is 11.5 Å². The van der Waals surface area contributed by atoms with Crippen LogP contribution in [-0.4, -0.2) is 36.6 Å². The summed E-state index contributed by atoms with van der Waals surface area (Å²) in [7, 11) is -3.17. The third-order valence-corrected chi connectivity index (χ3v) is 4.13. The molecule has 0 aromatic carbocycles. The first-order valence-corrected chi connectivity index (χ1v) is 7.92. The van der Waals surface area contributed by atoms with Gasteiger partial charge in [-0.2, -0.15) is 4.37 Å². The normalized spacial score (nSPS) is 12.0. The smallest absolute Gasteiger partial charge is 0.213 e. The molecule has 6 nitrogen and oxygen atoms in total. The second kappa shape index (κ2) is 6.27. The molecule has 1 aromatic heterocycles. The SMILES string of the molecule is CCNS(=O)(=O)CCNc1nc(C(C)C)ns1. The number of sulfonamides is 1. The third kappa shape index (κ3) is 4.97. The molecule has 0 amide bonds. The molecule has 0 fully saturated rings. The second-order valence-electron chi connectivity index (χ2n) is 3.86. The Morgan fingerprint density at radius 1 is 1.41 bits per heavy atom. The van der Waals surface area contributed by atoms with Gasteiger partial charge >= 0.3 is 0 Å². The second-order valence-corrected chi connectivity index (χ2v) is 6.53. The minimum atomic E-state index is -3.17. The highest BCUT2D eigenvalue weighted by molar-refractivity contribution is 7.89. The quantitative estimate of drug-likeness (QED) is 0.777. The zero-order valence-corrected chi connectivity index (χ0v) is 11.9. The fraction of sp³-hybridized carbons (Fsp3) is 0.778. The number of anilines is 1. The Morgan fingerprint density at radius 2 is 2.12 bits per heavy atom. The van der Waals surface area contributed by atoms with Crippen LogP contribution >= 0.6 is 11.5 Å². The Hall–Kier alpha value is -0.730. The molecule has 1 aromatic rings. The molecule has 0 aliphatic carbocycles. The molecule has 0 bridgehead atoms. The highest BCUT2D eigenvalue weighted by Gasteiger charge is 2.10. The van der Waals surface area contributed by atoms with E-state index in [9.17, 15) is 8.42 Å². The predicted molar refractivity (Wildman–Crippen MR) is 70.0 cm³/mol. The van der Waals surface area contributed by atoms with Gasteiger partial charge in [0.1, 0.15) is 5.82 Å². The van der Waals surface area contributed by atoms with Crippen molar-refractivity contribution in [2.24, 2.45) is 0 Å². The molecule has 0 saturated heterocycles. The van der Waals surface area contributed by atoms with Gasteiger partial charge in [-0.05, 0) is 0 Å². The average Bonchev–Trinajstić information content (AvgIpc) is 2.66. The Morgan fingerprint density at radius 3 is 2.65 bits per heavy atom. The topological polar surface area (TPSA) is 84.0 Å². The summed E-state index contributed by atoms with van der Waals surface area (Å²) in [6.45, 7) is 6.54. The van der Waals surface area contributed by atoms with Crippen LogP contribution in [0, 0.1) is 0 Å². The lowest BCUT2D eigenvalue weighted by atomic mass is 10.2. The molecule has 8 heteroatoms. The number of nitrogens with zero attached hydrogens (tertiary/aromatic N) is 2. The predicted octanol–water partition coefficient (Wildman–Crippen LogP) is 1.01. The summed E-state index contributed by atoms with van der Waals surface area (Å²) >= 11 is 1.25. The van der Waals surface area contributed by atoms with Crippen LogP contribution in [0.15, 0.2) is 0 Å².